The lowest BCUT2D eigenvalue weighted by atomic mass is 10.0. The fourth-order valence-corrected chi connectivity index (χ4v) is 3.75. The van der Waals surface area contributed by atoms with Crippen molar-refractivity contribution in [1.29, 1.82) is 0 Å². The Bertz CT molecular complexity index is 506. The Labute approximate surface area is 127 Å². The minimum Gasteiger partial charge on any atom is -0.508 e. The van der Waals surface area contributed by atoms with Crippen LogP contribution in [-0.2, 0) is 17.6 Å². The summed E-state index contributed by atoms with van der Waals surface area (Å²) in [6.45, 7) is 1.61. The third-order valence-electron chi connectivity index (χ3n) is 5.09. The lowest BCUT2D eigenvalue weighted by molar-refractivity contribution is -0.131. The molecule has 1 aliphatic carbocycles. The van der Waals surface area contributed by atoms with Crippen LogP contribution in [0.15, 0.2) is 18.2 Å². The van der Waals surface area contributed by atoms with Crippen molar-refractivity contribution >= 4 is 5.91 Å². The van der Waals surface area contributed by atoms with Gasteiger partial charge in [0.15, 0.2) is 0 Å². The van der Waals surface area contributed by atoms with Crippen LogP contribution in [-0.4, -0.2) is 29.0 Å². The van der Waals surface area contributed by atoms with E-state index in [-0.39, 0.29) is 0 Å². The number of carbonyl (C=O) groups excluding carboxylic acids is 1. The molecular formula is C18H25NO2. The monoisotopic (exact) mass is 287 g/mol. The Morgan fingerprint density at radius 3 is 2.62 bits per heavy atom. The highest BCUT2D eigenvalue weighted by molar-refractivity contribution is 5.76. The number of phenolic OH excluding ortho intramolecular Hbond substituents is 1. The summed E-state index contributed by atoms with van der Waals surface area (Å²) in [7, 11) is 0. The largest absolute Gasteiger partial charge is 0.508 e. The summed E-state index contributed by atoms with van der Waals surface area (Å²) in [6, 6.07) is 5.59. The van der Waals surface area contributed by atoms with Crippen LogP contribution in [0.4, 0.5) is 0 Å². The summed E-state index contributed by atoms with van der Waals surface area (Å²) < 4.78 is 0. The molecule has 0 saturated heterocycles. The fourth-order valence-electron chi connectivity index (χ4n) is 3.75. The zero-order chi connectivity index (χ0) is 14.7. The Balaban J connectivity index is 1.54. The molecule has 1 aromatic rings. The number of benzene rings is 1. The van der Waals surface area contributed by atoms with Crippen molar-refractivity contribution in [3.8, 4) is 5.75 Å². The summed E-state index contributed by atoms with van der Waals surface area (Å²) in [5, 5.41) is 9.58. The first kappa shape index (κ1) is 14.4. The molecular weight excluding hydrogens is 262 g/mol. The minimum absolute atomic E-state index is 0.318. The molecule has 1 aromatic carbocycles. The Morgan fingerprint density at radius 1 is 1.14 bits per heavy atom. The highest BCUT2D eigenvalue weighted by Crippen LogP contribution is 2.29. The van der Waals surface area contributed by atoms with E-state index in [0.29, 0.717) is 18.1 Å². The van der Waals surface area contributed by atoms with Gasteiger partial charge >= 0.3 is 0 Å². The van der Waals surface area contributed by atoms with Gasteiger partial charge in [0.1, 0.15) is 5.75 Å². The van der Waals surface area contributed by atoms with Gasteiger partial charge in [0.25, 0.3) is 0 Å². The summed E-state index contributed by atoms with van der Waals surface area (Å²) in [6.07, 6.45) is 8.89. The van der Waals surface area contributed by atoms with E-state index >= 15 is 0 Å². The van der Waals surface area contributed by atoms with Gasteiger partial charge in [-0.15, -0.1) is 0 Å². The molecule has 1 saturated carbocycles. The molecule has 0 spiro atoms. The number of carbonyl (C=O) groups is 1. The van der Waals surface area contributed by atoms with Crippen LogP contribution in [0.25, 0.3) is 0 Å². The lowest BCUT2D eigenvalue weighted by Crippen LogP contribution is -2.33. The van der Waals surface area contributed by atoms with Crippen molar-refractivity contribution < 1.29 is 9.90 Å². The predicted molar refractivity (Wildman–Crippen MR) is 83.3 cm³/mol. The number of phenols is 1. The third kappa shape index (κ3) is 3.58. The smallest absolute Gasteiger partial charge is 0.222 e. The molecule has 114 valence electrons. The lowest BCUT2D eigenvalue weighted by Gasteiger charge is -2.21. The second kappa shape index (κ2) is 6.50. The third-order valence-corrected chi connectivity index (χ3v) is 5.09. The Kier molecular flexibility index (Phi) is 4.47. The summed E-state index contributed by atoms with van der Waals surface area (Å²) in [4.78, 5) is 14.4. The van der Waals surface area contributed by atoms with Crippen molar-refractivity contribution in [2.75, 3.05) is 13.1 Å². The number of rotatable bonds is 3. The molecule has 1 amide bonds. The van der Waals surface area contributed by atoms with Gasteiger partial charge in [-0.05, 0) is 48.4 Å². The maximum atomic E-state index is 12.4. The van der Waals surface area contributed by atoms with E-state index < -0.39 is 0 Å². The van der Waals surface area contributed by atoms with Crippen molar-refractivity contribution in [3.63, 3.8) is 0 Å². The predicted octanol–water partition coefficient (Wildman–Crippen LogP) is 3.29. The van der Waals surface area contributed by atoms with E-state index in [0.717, 1.165) is 38.3 Å². The number of nitrogens with zero attached hydrogens (tertiary/aromatic N) is 1. The van der Waals surface area contributed by atoms with E-state index in [1.54, 1.807) is 6.07 Å². The second-order valence-electron chi connectivity index (χ2n) is 6.52. The van der Waals surface area contributed by atoms with Crippen molar-refractivity contribution in [2.24, 2.45) is 5.92 Å². The molecule has 0 atom stereocenters. The first-order valence-electron chi connectivity index (χ1n) is 8.31. The molecule has 3 heteroatoms. The standard InChI is InChI=1S/C18H25NO2/c20-17-7-6-15-9-11-19(12-10-16(15)13-17)18(21)8-5-14-3-1-2-4-14/h6-7,13-14,20H,1-5,8-12H2. The molecule has 1 fully saturated rings. The zero-order valence-electron chi connectivity index (χ0n) is 12.7. The van der Waals surface area contributed by atoms with Gasteiger partial charge in [0.05, 0.1) is 0 Å². The van der Waals surface area contributed by atoms with Crippen LogP contribution in [0.1, 0.15) is 49.7 Å². The zero-order valence-corrected chi connectivity index (χ0v) is 12.7. The van der Waals surface area contributed by atoms with E-state index in [2.05, 4.69) is 0 Å². The molecule has 0 unspecified atom stereocenters. The highest BCUT2D eigenvalue weighted by Gasteiger charge is 2.21. The SMILES string of the molecule is O=C(CCC1CCCC1)N1CCc2ccc(O)cc2CC1. The summed E-state index contributed by atoms with van der Waals surface area (Å²) in [5.41, 5.74) is 2.47. The van der Waals surface area contributed by atoms with Crippen LogP contribution in [0.2, 0.25) is 0 Å². The van der Waals surface area contributed by atoms with Crippen LogP contribution in [0.5, 0.6) is 5.75 Å². The van der Waals surface area contributed by atoms with Gasteiger partial charge in [0, 0.05) is 19.5 Å². The molecule has 1 N–H and O–H groups in total. The molecule has 3 rings (SSSR count). The average Bonchev–Trinajstić information content (AvgIpc) is 2.91. The van der Waals surface area contributed by atoms with Crippen LogP contribution in [0.3, 0.4) is 0 Å². The van der Waals surface area contributed by atoms with Crippen LogP contribution in [0, 0.1) is 5.92 Å². The minimum atomic E-state index is 0.318. The highest BCUT2D eigenvalue weighted by atomic mass is 16.3. The maximum absolute atomic E-state index is 12.4. The van der Waals surface area contributed by atoms with Gasteiger partial charge in [-0.25, -0.2) is 0 Å². The van der Waals surface area contributed by atoms with Gasteiger partial charge in [-0.3, -0.25) is 4.79 Å². The fraction of sp³-hybridized carbons (Fsp3) is 0.611. The van der Waals surface area contributed by atoms with E-state index in [9.17, 15) is 9.90 Å². The summed E-state index contributed by atoms with van der Waals surface area (Å²) >= 11 is 0. The van der Waals surface area contributed by atoms with Crippen LogP contribution < -0.4 is 0 Å². The number of hydrogen-bond donors (Lipinski definition) is 1. The van der Waals surface area contributed by atoms with Gasteiger partial charge in [-0.2, -0.15) is 0 Å². The van der Waals surface area contributed by atoms with E-state index in [1.807, 2.05) is 17.0 Å². The molecule has 1 aliphatic heterocycles. The molecule has 0 radical (unpaired) electrons. The molecule has 2 aliphatic rings. The number of amides is 1. The van der Waals surface area contributed by atoms with Gasteiger partial charge in [-0.1, -0.05) is 31.7 Å². The van der Waals surface area contributed by atoms with Gasteiger partial charge < -0.3 is 10.0 Å². The molecule has 0 aromatic heterocycles. The molecule has 0 bridgehead atoms. The molecule has 3 nitrogen and oxygen atoms in total. The molecule has 1 heterocycles. The maximum Gasteiger partial charge on any atom is 0.222 e. The number of fused-ring (bicyclic) bond motifs is 1. The summed E-state index contributed by atoms with van der Waals surface area (Å²) in [5.74, 6) is 1.43. The topological polar surface area (TPSA) is 40.5 Å². The van der Waals surface area contributed by atoms with E-state index in [1.165, 1.54) is 36.8 Å². The second-order valence-corrected chi connectivity index (χ2v) is 6.52. The number of aromatic hydroxyl groups is 1. The Hall–Kier alpha value is -1.51. The molecule has 21 heavy (non-hydrogen) atoms. The Morgan fingerprint density at radius 2 is 1.86 bits per heavy atom. The normalized spacial score (nSPS) is 19.3. The van der Waals surface area contributed by atoms with Crippen molar-refractivity contribution in [2.45, 2.75) is 51.4 Å². The van der Waals surface area contributed by atoms with Crippen molar-refractivity contribution in [1.82, 2.24) is 4.90 Å². The van der Waals surface area contributed by atoms with E-state index in [4.69, 9.17) is 0 Å². The average molecular weight is 287 g/mol. The van der Waals surface area contributed by atoms with Crippen LogP contribution >= 0.6 is 0 Å². The van der Waals surface area contributed by atoms with Gasteiger partial charge in [0.2, 0.25) is 5.91 Å². The number of hydrogen-bond acceptors (Lipinski definition) is 2. The van der Waals surface area contributed by atoms with Crippen molar-refractivity contribution in [3.05, 3.63) is 29.3 Å². The first-order valence-corrected chi connectivity index (χ1v) is 8.31. The first-order chi connectivity index (χ1) is 10.2. The quantitative estimate of drug-likeness (QED) is 0.926.